The van der Waals surface area contributed by atoms with Crippen LogP contribution in [0.5, 0.6) is 0 Å². The molecule has 0 rings (SSSR count). The number of unbranched alkanes of at least 4 members (excludes halogenated alkanes) is 1. The van der Waals surface area contributed by atoms with Crippen LogP contribution in [0.1, 0.15) is 66.2 Å². The standard InChI is InChI=1S/C25H46N6O9/c1-5-14(4)20(24(38)29-17(12-32)25(39)40)31-23(37)19(13(2)3)30-22(36)16(8-6-7-11-26)28-21(35)15(27)9-10-18(33)34/h13-17,19-20,32H,5-12,26-27H2,1-4H3,(H,28,35)(H,29,38)(H,30,36)(H,31,37)(H,33,34)(H,39,40). The number of nitrogens with one attached hydrogen (secondary N) is 4. The lowest BCUT2D eigenvalue weighted by molar-refractivity contribution is -0.143. The van der Waals surface area contributed by atoms with Crippen LogP contribution in [0.2, 0.25) is 0 Å². The molecular formula is C25H46N6O9. The van der Waals surface area contributed by atoms with Crippen LogP contribution in [0.25, 0.3) is 0 Å². The fraction of sp³-hybridized carbons (Fsp3) is 0.760. The van der Waals surface area contributed by atoms with Gasteiger partial charge in [0, 0.05) is 6.42 Å². The van der Waals surface area contributed by atoms with Gasteiger partial charge in [0.25, 0.3) is 0 Å². The Bertz CT molecular complexity index is 870. The number of aliphatic hydroxyl groups is 1. The topological polar surface area (TPSA) is 263 Å². The molecule has 0 aromatic rings. The van der Waals surface area contributed by atoms with E-state index in [1.807, 2.05) is 0 Å². The molecule has 0 saturated carbocycles. The Morgan fingerprint density at radius 2 is 1.30 bits per heavy atom. The molecule has 0 bridgehead atoms. The van der Waals surface area contributed by atoms with Gasteiger partial charge in [-0.15, -0.1) is 0 Å². The number of carbonyl (C=O) groups is 6. The summed E-state index contributed by atoms with van der Waals surface area (Å²) < 4.78 is 0. The minimum absolute atomic E-state index is 0.132. The van der Waals surface area contributed by atoms with Crippen LogP contribution in [0.15, 0.2) is 0 Å². The second kappa shape index (κ2) is 18.9. The zero-order valence-corrected chi connectivity index (χ0v) is 23.6. The van der Waals surface area contributed by atoms with E-state index in [-0.39, 0.29) is 19.3 Å². The Morgan fingerprint density at radius 1 is 0.750 bits per heavy atom. The Labute approximate surface area is 234 Å². The number of carboxylic acids is 2. The molecule has 0 heterocycles. The lowest BCUT2D eigenvalue weighted by Gasteiger charge is -2.30. The summed E-state index contributed by atoms with van der Waals surface area (Å²) in [7, 11) is 0. The molecule has 0 radical (unpaired) electrons. The molecule has 0 aliphatic heterocycles. The fourth-order valence-corrected chi connectivity index (χ4v) is 3.63. The van der Waals surface area contributed by atoms with E-state index < -0.39 is 84.2 Å². The van der Waals surface area contributed by atoms with E-state index in [1.54, 1.807) is 27.7 Å². The summed E-state index contributed by atoms with van der Waals surface area (Å²) in [6, 6.07) is -6.09. The summed E-state index contributed by atoms with van der Waals surface area (Å²) in [5, 5.41) is 37.1. The number of carboxylic acid groups (broad SMARTS) is 2. The fourth-order valence-electron chi connectivity index (χ4n) is 3.63. The third-order valence-corrected chi connectivity index (χ3v) is 6.42. The minimum atomic E-state index is -1.56. The van der Waals surface area contributed by atoms with E-state index in [2.05, 4.69) is 21.3 Å². The number of nitrogens with two attached hydrogens (primary N) is 2. The predicted molar refractivity (Wildman–Crippen MR) is 144 cm³/mol. The first-order valence-corrected chi connectivity index (χ1v) is 13.4. The number of rotatable bonds is 20. The van der Waals surface area contributed by atoms with E-state index >= 15 is 0 Å². The van der Waals surface area contributed by atoms with Crippen molar-refractivity contribution >= 4 is 35.6 Å². The van der Waals surface area contributed by atoms with Gasteiger partial charge in [-0.05, 0) is 44.1 Å². The number of amides is 4. The van der Waals surface area contributed by atoms with E-state index in [0.717, 1.165) is 0 Å². The maximum absolute atomic E-state index is 13.3. The molecule has 11 N–H and O–H groups in total. The number of hydrogen-bond donors (Lipinski definition) is 9. The highest BCUT2D eigenvalue weighted by molar-refractivity contribution is 5.95. The lowest BCUT2D eigenvalue weighted by atomic mass is 9.96. The van der Waals surface area contributed by atoms with E-state index in [0.29, 0.717) is 25.8 Å². The number of carbonyl (C=O) groups excluding carboxylic acids is 4. The second-order valence-electron chi connectivity index (χ2n) is 10.1. The van der Waals surface area contributed by atoms with Crippen molar-refractivity contribution in [3.63, 3.8) is 0 Å². The summed E-state index contributed by atoms with van der Waals surface area (Å²) in [5.41, 5.74) is 11.3. The first kappa shape index (κ1) is 36.7. The van der Waals surface area contributed by atoms with Crippen molar-refractivity contribution in [2.45, 2.75) is 96.4 Å². The zero-order valence-electron chi connectivity index (χ0n) is 23.6. The smallest absolute Gasteiger partial charge is 0.328 e. The molecule has 4 amide bonds. The molecule has 0 spiro atoms. The molecule has 0 fully saturated rings. The SMILES string of the molecule is CCC(C)C(NC(=O)C(NC(=O)C(CCCCN)NC(=O)C(N)CCC(=O)O)C(C)C)C(=O)NC(CO)C(=O)O. The highest BCUT2D eigenvalue weighted by atomic mass is 16.4. The maximum Gasteiger partial charge on any atom is 0.328 e. The number of aliphatic hydroxyl groups excluding tert-OH is 1. The quantitative estimate of drug-likeness (QED) is 0.0719. The van der Waals surface area contributed by atoms with Crippen molar-refractivity contribution in [2.24, 2.45) is 23.3 Å². The van der Waals surface area contributed by atoms with Gasteiger partial charge in [0.05, 0.1) is 12.6 Å². The van der Waals surface area contributed by atoms with E-state index in [1.165, 1.54) is 0 Å². The number of aliphatic carboxylic acids is 2. The van der Waals surface area contributed by atoms with Crippen molar-refractivity contribution in [2.75, 3.05) is 13.2 Å². The third kappa shape index (κ3) is 13.2. The van der Waals surface area contributed by atoms with Gasteiger partial charge < -0.3 is 48.1 Å². The average molecular weight is 575 g/mol. The molecule has 6 atom stereocenters. The van der Waals surface area contributed by atoms with Gasteiger partial charge in [-0.1, -0.05) is 34.1 Å². The first-order chi connectivity index (χ1) is 18.7. The summed E-state index contributed by atoms with van der Waals surface area (Å²) in [4.78, 5) is 73.8. The molecule has 15 heteroatoms. The highest BCUT2D eigenvalue weighted by Gasteiger charge is 2.34. The monoisotopic (exact) mass is 574 g/mol. The largest absolute Gasteiger partial charge is 0.481 e. The molecule has 0 aromatic carbocycles. The van der Waals surface area contributed by atoms with Crippen molar-refractivity contribution in [1.82, 2.24) is 21.3 Å². The Balaban J connectivity index is 5.73. The van der Waals surface area contributed by atoms with Gasteiger partial charge in [0.1, 0.15) is 24.2 Å². The van der Waals surface area contributed by atoms with Crippen LogP contribution in [-0.4, -0.2) is 94.2 Å². The lowest BCUT2D eigenvalue weighted by Crippen LogP contribution is -2.60. The third-order valence-electron chi connectivity index (χ3n) is 6.42. The van der Waals surface area contributed by atoms with Crippen molar-refractivity contribution in [3.05, 3.63) is 0 Å². The summed E-state index contributed by atoms with van der Waals surface area (Å²) in [6.45, 7) is 6.30. The van der Waals surface area contributed by atoms with Gasteiger partial charge in [-0.25, -0.2) is 4.79 Å². The highest BCUT2D eigenvalue weighted by Crippen LogP contribution is 2.12. The van der Waals surface area contributed by atoms with Gasteiger partial charge in [-0.3, -0.25) is 24.0 Å². The summed E-state index contributed by atoms with van der Waals surface area (Å²) in [5.74, 6) is -6.34. The number of hydrogen-bond acceptors (Lipinski definition) is 9. The van der Waals surface area contributed by atoms with Crippen molar-refractivity contribution in [3.8, 4) is 0 Å². The summed E-state index contributed by atoms with van der Waals surface area (Å²) in [6.07, 6.45) is 1.21. The van der Waals surface area contributed by atoms with Crippen LogP contribution in [0.4, 0.5) is 0 Å². The molecule has 15 nitrogen and oxygen atoms in total. The molecule has 40 heavy (non-hydrogen) atoms. The van der Waals surface area contributed by atoms with Crippen LogP contribution < -0.4 is 32.7 Å². The zero-order chi connectivity index (χ0) is 31.0. The van der Waals surface area contributed by atoms with Crippen molar-refractivity contribution in [1.29, 1.82) is 0 Å². The van der Waals surface area contributed by atoms with Crippen LogP contribution >= 0.6 is 0 Å². The predicted octanol–water partition coefficient (Wildman–Crippen LogP) is -1.97. The van der Waals surface area contributed by atoms with Crippen LogP contribution in [0, 0.1) is 11.8 Å². The second-order valence-corrected chi connectivity index (χ2v) is 10.1. The average Bonchev–Trinajstić information content (AvgIpc) is 2.89. The molecule has 0 aromatic heterocycles. The molecule has 0 aliphatic rings. The van der Waals surface area contributed by atoms with E-state index in [9.17, 15) is 33.9 Å². The molecule has 0 aliphatic carbocycles. The molecule has 6 unspecified atom stereocenters. The van der Waals surface area contributed by atoms with E-state index in [4.69, 9.17) is 21.7 Å². The van der Waals surface area contributed by atoms with Gasteiger partial charge in [-0.2, -0.15) is 0 Å². The normalized spacial score (nSPS) is 15.6. The maximum atomic E-state index is 13.3. The van der Waals surface area contributed by atoms with Gasteiger partial charge in [0.15, 0.2) is 0 Å². The molecule has 0 saturated heterocycles. The van der Waals surface area contributed by atoms with Gasteiger partial charge >= 0.3 is 11.9 Å². The van der Waals surface area contributed by atoms with Crippen LogP contribution in [0.3, 0.4) is 0 Å². The molecule has 230 valence electrons. The van der Waals surface area contributed by atoms with Crippen LogP contribution in [-0.2, 0) is 28.8 Å². The summed E-state index contributed by atoms with van der Waals surface area (Å²) >= 11 is 0. The molecular weight excluding hydrogens is 528 g/mol. The Kier molecular flexibility index (Phi) is 17.3. The Morgan fingerprint density at radius 3 is 1.77 bits per heavy atom. The minimum Gasteiger partial charge on any atom is -0.481 e. The van der Waals surface area contributed by atoms with Crippen molar-refractivity contribution < 1.29 is 44.1 Å². The Hall–Kier alpha value is -3.30. The first-order valence-electron chi connectivity index (χ1n) is 13.4. The van der Waals surface area contributed by atoms with Gasteiger partial charge in [0.2, 0.25) is 23.6 Å².